The average molecular weight is 456 g/mol. The van der Waals surface area contributed by atoms with Crippen molar-refractivity contribution in [3.63, 3.8) is 0 Å². The summed E-state index contributed by atoms with van der Waals surface area (Å²) < 4.78 is 29.1. The molecule has 2 N–H and O–H groups in total. The Morgan fingerprint density at radius 2 is 1.83 bits per heavy atom. The molecule has 3 rings (SSSR count). The molecule has 0 aliphatic rings. The van der Waals surface area contributed by atoms with E-state index in [4.69, 9.17) is 23.2 Å². The second kappa shape index (κ2) is 8.27. The maximum atomic E-state index is 12.5. The van der Waals surface area contributed by atoms with Crippen molar-refractivity contribution < 1.29 is 13.2 Å². The summed E-state index contributed by atoms with van der Waals surface area (Å²) in [5.74, 6) is -0.536. The second-order valence-electron chi connectivity index (χ2n) is 6.73. The fourth-order valence-corrected chi connectivity index (χ4v) is 4.23. The summed E-state index contributed by atoms with van der Waals surface area (Å²) in [5, 5.41) is 8.03. The van der Waals surface area contributed by atoms with Gasteiger partial charge in [-0.1, -0.05) is 23.2 Å². The number of carbonyl (C=O) groups is 1. The number of amides is 1. The minimum Gasteiger partial charge on any atom is -0.323 e. The molecule has 2 heterocycles. The lowest BCUT2D eigenvalue weighted by molar-refractivity contribution is -0.117. The van der Waals surface area contributed by atoms with Gasteiger partial charge in [0.15, 0.2) is 5.65 Å². The standard InChI is InChI=1S/C18H19Cl2N5O3S/c1-10(2)25-17-12(8-22-25)6-13(9-21-17)23-18(26)11(3)24-29(27,28)14-4-5-15(19)16(20)7-14/h4-11,24H,1-3H3,(H,23,26)/t11-/m0/s1. The van der Waals surface area contributed by atoms with Crippen molar-refractivity contribution in [1.82, 2.24) is 19.5 Å². The van der Waals surface area contributed by atoms with Crippen molar-refractivity contribution in [2.24, 2.45) is 0 Å². The van der Waals surface area contributed by atoms with Gasteiger partial charge in [0.2, 0.25) is 15.9 Å². The molecule has 1 amide bonds. The van der Waals surface area contributed by atoms with Crippen LogP contribution in [0.2, 0.25) is 10.0 Å². The molecule has 0 radical (unpaired) electrons. The number of hydrogen-bond acceptors (Lipinski definition) is 5. The summed E-state index contributed by atoms with van der Waals surface area (Å²) in [6, 6.07) is 4.75. The first kappa shape index (κ1) is 21.5. The van der Waals surface area contributed by atoms with Gasteiger partial charge in [0.05, 0.1) is 39.1 Å². The summed E-state index contributed by atoms with van der Waals surface area (Å²) in [4.78, 5) is 16.7. The van der Waals surface area contributed by atoms with Crippen LogP contribution >= 0.6 is 23.2 Å². The van der Waals surface area contributed by atoms with Crippen LogP contribution in [0.1, 0.15) is 26.8 Å². The van der Waals surface area contributed by atoms with Crippen molar-refractivity contribution in [3.8, 4) is 0 Å². The second-order valence-corrected chi connectivity index (χ2v) is 9.26. The van der Waals surface area contributed by atoms with Crippen LogP contribution in [0.3, 0.4) is 0 Å². The molecule has 0 saturated heterocycles. The van der Waals surface area contributed by atoms with Gasteiger partial charge in [-0.05, 0) is 45.0 Å². The fraction of sp³-hybridized carbons (Fsp3) is 0.278. The van der Waals surface area contributed by atoms with E-state index in [2.05, 4.69) is 20.1 Å². The van der Waals surface area contributed by atoms with E-state index in [1.54, 1.807) is 16.9 Å². The van der Waals surface area contributed by atoms with Crippen LogP contribution < -0.4 is 10.0 Å². The lowest BCUT2D eigenvalue weighted by Crippen LogP contribution is -2.41. The summed E-state index contributed by atoms with van der Waals surface area (Å²) in [5.41, 5.74) is 1.14. The normalized spacial score (nSPS) is 13.0. The lowest BCUT2D eigenvalue weighted by atomic mass is 10.3. The van der Waals surface area contributed by atoms with Crippen LogP contribution in [0.25, 0.3) is 11.0 Å². The van der Waals surface area contributed by atoms with Gasteiger partial charge < -0.3 is 5.32 Å². The van der Waals surface area contributed by atoms with Gasteiger partial charge in [0.1, 0.15) is 0 Å². The lowest BCUT2D eigenvalue weighted by Gasteiger charge is -2.15. The van der Waals surface area contributed by atoms with Gasteiger partial charge in [-0.15, -0.1) is 0 Å². The first-order chi connectivity index (χ1) is 13.6. The van der Waals surface area contributed by atoms with E-state index in [0.29, 0.717) is 11.3 Å². The predicted octanol–water partition coefficient (Wildman–Crippen LogP) is 3.62. The van der Waals surface area contributed by atoms with E-state index in [9.17, 15) is 13.2 Å². The molecule has 0 aliphatic heterocycles. The fourth-order valence-electron chi connectivity index (χ4n) is 2.64. The van der Waals surface area contributed by atoms with Gasteiger partial charge in [0, 0.05) is 11.4 Å². The number of benzene rings is 1. The SMILES string of the molecule is CC(C)n1ncc2cc(NC(=O)[C@H](C)NS(=O)(=O)c3ccc(Cl)c(Cl)c3)cnc21. The zero-order valence-electron chi connectivity index (χ0n) is 15.8. The molecule has 0 spiro atoms. The number of nitrogens with one attached hydrogen (secondary N) is 2. The Balaban J connectivity index is 1.73. The van der Waals surface area contributed by atoms with Crippen LogP contribution in [0.15, 0.2) is 41.6 Å². The molecule has 29 heavy (non-hydrogen) atoms. The van der Waals surface area contributed by atoms with Crippen molar-refractivity contribution in [2.75, 3.05) is 5.32 Å². The first-order valence-corrected chi connectivity index (χ1v) is 10.9. The number of rotatable bonds is 6. The van der Waals surface area contributed by atoms with E-state index < -0.39 is 22.0 Å². The molecule has 0 unspecified atom stereocenters. The van der Waals surface area contributed by atoms with Crippen molar-refractivity contribution in [2.45, 2.75) is 37.8 Å². The highest BCUT2D eigenvalue weighted by atomic mass is 35.5. The van der Waals surface area contributed by atoms with Gasteiger partial charge in [-0.2, -0.15) is 9.82 Å². The highest BCUT2D eigenvalue weighted by molar-refractivity contribution is 7.89. The van der Waals surface area contributed by atoms with Gasteiger partial charge in [0.25, 0.3) is 0 Å². The van der Waals surface area contributed by atoms with E-state index >= 15 is 0 Å². The molecular weight excluding hydrogens is 437 g/mol. The summed E-state index contributed by atoms with van der Waals surface area (Å²) >= 11 is 11.7. The minimum atomic E-state index is -3.96. The Morgan fingerprint density at radius 1 is 1.10 bits per heavy atom. The number of fused-ring (bicyclic) bond motifs is 1. The number of carbonyl (C=O) groups excluding carboxylic acids is 1. The van der Waals surface area contributed by atoms with E-state index in [-0.39, 0.29) is 21.0 Å². The molecule has 0 bridgehead atoms. The molecule has 0 saturated carbocycles. The number of sulfonamides is 1. The molecule has 11 heteroatoms. The summed E-state index contributed by atoms with van der Waals surface area (Å²) in [6.07, 6.45) is 3.16. The topological polar surface area (TPSA) is 106 Å². The molecular formula is C18H19Cl2N5O3S. The van der Waals surface area contributed by atoms with Crippen molar-refractivity contribution >= 4 is 55.9 Å². The van der Waals surface area contributed by atoms with Gasteiger partial charge in [-0.3, -0.25) is 4.79 Å². The van der Waals surface area contributed by atoms with Gasteiger partial charge in [-0.25, -0.2) is 18.1 Å². The Kier molecular flexibility index (Phi) is 6.13. The third kappa shape index (κ3) is 4.69. The monoisotopic (exact) mass is 455 g/mol. The molecule has 1 atom stereocenters. The molecule has 8 nitrogen and oxygen atoms in total. The predicted molar refractivity (Wildman–Crippen MR) is 113 cm³/mol. The van der Waals surface area contributed by atoms with Gasteiger partial charge >= 0.3 is 0 Å². The average Bonchev–Trinajstić information content (AvgIpc) is 3.07. The Bertz CT molecular complexity index is 1180. The number of halogens is 2. The minimum absolute atomic E-state index is 0.0873. The van der Waals surface area contributed by atoms with Crippen LogP contribution in [-0.4, -0.2) is 35.1 Å². The zero-order valence-corrected chi connectivity index (χ0v) is 18.2. The van der Waals surface area contributed by atoms with E-state index in [0.717, 1.165) is 5.39 Å². The largest absolute Gasteiger partial charge is 0.323 e. The molecule has 0 aliphatic carbocycles. The zero-order chi connectivity index (χ0) is 21.3. The highest BCUT2D eigenvalue weighted by Crippen LogP contribution is 2.25. The van der Waals surface area contributed by atoms with Crippen LogP contribution in [-0.2, 0) is 14.8 Å². The third-order valence-corrected chi connectivity index (χ3v) is 6.39. The van der Waals surface area contributed by atoms with E-state index in [1.165, 1.54) is 31.3 Å². The number of aromatic nitrogens is 3. The Hall–Kier alpha value is -2.20. The first-order valence-electron chi connectivity index (χ1n) is 8.70. The molecule has 2 aromatic heterocycles. The van der Waals surface area contributed by atoms with Crippen LogP contribution in [0.4, 0.5) is 5.69 Å². The van der Waals surface area contributed by atoms with Crippen molar-refractivity contribution in [3.05, 3.63) is 46.7 Å². The smallest absolute Gasteiger partial charge is 0.242 e. The van der Waals surface area contributed by atoms with Crippen molar-refractivity contribution in [1.29, 1.82) is 0 Å². The molecule has 1 aromatic carbocycles. The Labute approximate surface area is 178 Å². The van der Waals surface area contributed by atoms with Crippen LogP contribution in [0.5, 0.6) is 0 Å². The summed E-state index contributed by atoms with van der Waals surface area (Å²) in [6.45, 7) is 5.42. The maximum Gasteiger partial charge on any atom is 0.242 e. The number of anilines is 1. The number of pyridine rings is 1. The molecule has 0 fully saturated rings. The summed E-state index contributed by atoms with van der Waals surface area (Å²) in [7, 11) is -3.96. The highest BCUT2D eigenvalue weighted by Gasteiger charge is 2.23. The number of nitrogens with zero attached hydrogens (tertiary/aromatic N) is 3. The molecule has 3 aromatic rings. The Morgan fingerprint density at radius 3 is 2.48 bits per heavy atom. The molecule has 154 valence electrons. The number of hydrogen-bond donors (Lipinski definition) is 2. The third-order valence-electron chi connectivity index (χ3n) is 4.12. The van der Waals surface area contributed by atoms with Crippen LogP contribution in [0, 0.1) is 0 Å². The van der Waals surface area contributed by atoms with E-state index in [1.807, 2.05) is 13.8 Å². The quantitative estimate of drug-likeness (QED) is 0.590. The maximum absolute atomic E-state index is 12.5.